The van der Waals surface area contributed by atoms with Crippen molar-refractivity contribution in [2.24, 2.45) is 0 Å². The van der Waals surface area contributed by atoms with Gasteiger partial charge < -0.3 is 34.4 Å². The molecule has 354 valence electrons. The number of ether oxygens (including phenoxy) is 1. The summed E-state index contributed by atoms with van der Waals surface area (Å²) in [7, 11) is 0. The first-order chi connectivity index (χ1) is 33.6. The molecule has 0 fully saturated rings. The normalized spacial score (nSPS) is 10.8. The van der Waals surface area contributed by atoms with Crippen molar-refractivity contribution in [1.29, 1.82) is 0 Å². The zero-order valence-electron chi connectivity index (χ0n) is 39.9. The largest absolute Gasteiger partial charge is 0.456 e. The number of rotatable bonds is 17. The highest BCUT2D eigenvalue weighted by molar-refractivity contribution is 6.32. The summed E-state index contributed by atoms with van der Waals surface area (Å²) in [6.07, 6.45) is 11.7. The molecular weight excluding hydrogens is 898 g/mol. The average molecular weight is 959 g/mol. The lowest BCUT2D eigenvalue weighted by molar-refractivity contribution is 0.483. The molecule has 0 saturated heterocycles. The highest BCUT2D eigenvalue weighted by Gasteiger charge is 2.15. The topological polar surface area (TPSA) is 105 Å². The summed E-state index contributed by atoms with van der Waals surface area (Å²) in [5.74, 6) is 1.30. The summed E-state index contributed by atoms with van der Waals surface area (Å²) in [6, 6.07) is 52.4. The second-order valence-electron chi connectivity index (χ2n) is 17.1. The maximum absolute atomic E-state index is 6.40. The Bertz CT molecular complexity index is 2840. The summed E-state index contributed by atoms with van der Waals surface area (Å²) in [5, 5.41) is 1.23. The molecular formula is C57H61Cl2N9O. The Morgan fingerprint density at radius 2 is 1.03 bits per heavy atom. The number of imidazole rings is 3. The van der Waals surface area contributed by atoms with Crippen molar-refractivity contribution in [3.8, 4) is 22.6 Å². The number of nitrogens with one attached hydrogen (secondary N) is 3. The van der Waals surface area contributed by atoms with Crippen LogP contribution in [0.15, 0.2) is 189 Å². The molecule has 0 radical (unpaired) electrons. The van der Waals surface area contributed by atoms with Gasteiger partial charge in [0.1, 0.15) is 11.5 Å². The predicted molar refractivity (Wildman–Crippen MR) is 286 cm³/mol. The number of hydrogen-bond acceptors (Lipinski definition) is 7. The lowest BCUT2D eigenvalue weighted by atomic mass is 10.0. The average Bonchev–Trinajstić information content (AvgIpc) is 4.20. The Morgan fingerprint density at radius 1 is 0.507 bits per heavy atom. The Balaban J connectivity index is 0.000000153. The van der Waals surface area contributed by atoms with Crippen LogP contribution in [-0.4, -0.2) is 48.5 Å². The van der Waals surface area contributed by atoms with Crippen LogP contribution < -0.4 is 19.4 Å². The molecule has 0 spiro atoms. The Kier molecular flexibility index (Phi) is 18.1. The van der Waals surface area contributed by atoms with Gasteiger partial charge >= 0.3 is 0 Å². The molecule has 3 N–H and O–H groups in total. The first-order valence-corrected chi connectivity index (χ1v) is 24.1. The van der Waals surface area contributed by atoms with E-state index >= 15 is 0 Å². The third-order valence-electron chi connectivity index (χ3n) is 11.4. The molecule has 9 rings (SSSR count). The molecule has 0 aliphatic heterocycles. The van der Waals surface area contributed by atoms with E-state index in [4.69, 9.17) is 27.9 Å². The number of halogens is 2. The molecule has 9 aromatic rings. The van der Waals surface area contributed by atoms with E-state index < -0.39 is 0 Å². The molecule has 3 aromatic heterocycles. The van der Waals surface area contributed by atoms with Crippen molar-refractivity contribution >= 4 is 40.3 Å². The summed E-state index contributed by atoms with van der Waals surface area (Å²) >= 11 is 12.3. The van der Waals surface area contributed by atoms with Crippen LogP contribution in [0.1, 0.15) is 62.8 Å². The van der Waals surface area contributed by atoms with Gasteiger partial charge in [-0.3, -0.25) is 0 Å². The predicted octanol–water partition coefficient (Wildman–Crippen LogP) is 14.4. The fourth-order valence-electron chi connectivity index (χ4n) is 7.79. The number of benzene rings is 6. The van der Waals surface area contributed by atoms with Gasteiger partial charge in [-0.25, -0.2) is 15.0 Å². The number of H-pyrrole nitrogens is 3. The molecule has 3 heterocycles. The highest BCUT2D eigenvalue weighted by atomic mass is 35.5. The smallest absolute Gasteiger partial charge is 0.146 e. The van der Waals surface area contributed by atoms with Crippen molar-refractivity contribution in [2.45, 2.75) is 72.8 Å². The van der Waals surface area contributed by atoms with Crippen LogP contribution in [0, 0.1) is 0 Å². The Morgan fingerprint density at radius 3 is 1.57 bits per heavy atom. The second-order valence-corrected chi connectivity index (χ2v) is 18.0. The Hall–Kier alpha value is -7.27. The summed E-state index contributed by atoms with van der Waals surface area (Å²) in [4.78, 5) is 28.7. The third kappa shape index (κ3) is 14.9. The van der Waals surface area contributed by atoms with Crippen LogP contribution in [0.5, 0.6) is 11.5 Å². The molecule has 0 unspecified atom stereocenters. The van der Waals surface area contributed by atoms with Gasteiger partial charge in [-0.2, -0.15) is 0 Å². The van der Waals surface area contributed by atoms with E-state index in [0.717, 1.165) is 55.4 Å². The number of aromatic nitrogens is 6. The molecule has 0 atom stereocenters. The number of nitrogens with zero attached hydrogens (tertiary/aromatic N) is 6. The molecule has 0 bridgehead atoms. The zero-order chi connectivity index (χ0) is 48.4. The molecule has 0 aliphatic carbocycles. The standard InChI is InChI=1S/C20H23N3.C19H21N3.C18H17Cl2N3O/c1-16(2)23(14-19-13-21-15-22-19)20-10-6-9-18(12-20)11-17-7-4-3-5-8-17;1-15(2)22(13-18-12-20-14-21-18)19-10-6-9-17(11-19)16-7-4-3-5-8-16;1-2-23(11-14-10-21-12-22-14)15-5-8-18(17(20)9-15)24-16-6-3-13(19)4-7-16/h3-10,12-13,15-16H,11,14H2,1-2H3,(H,21,22);3-12,14-15H,13H2,1-2H3,(H,20,21);3-10,12H,2,11H2,1H3,(H,21,22). The molecule has 0 amide bonds. The summed E-state index contributed by atoms with van der Waals surface area (Å²) in [5.41, 5.74) is 12.0. The van der Waals surface area contributed by atoms with E-state index in [1.54, 1.807) is 31.1 Å². The fraction of sp³-hybridized carbons (Fsp3) is 0.211. The van der Waals surface area contributed by atoms with Gasteiger partial charge in [0, 0.05) is 59.3 Å². The monoisotopic (exact) mass is 957 g/mol. The lowest BCUT2D eigenvalue weighted by Crippen LogP contribution is -2.30. The third-order valence-corrected chi connectivity index (χ3v) is 12.0. The summed E-state index contributed by atoms with van der Waals surface area (Å²) in [6.45, 7) is 14.2. The maximum Gasteiger partial charge on any atom is 0.146 e. The fourth-order valence-corrected chi connectivity index (χ4v) is 8.13. The van der Waals surface area contributed by atoms with E-state index in [-0.39, 0.29) is 0 Å². The van der Waals surface area contributed by atoms with Gasteiger partial charge in [0.25, 0.3) is 0 Å². The van der Waals surface area contributed by atoms with Crippen molar-refractivity contribution < 1.29 is 4.74 Å². The van der Waals surface area contributed by atoms with Crippen LogP contribution >= 0.6 is 23.2 Å². The summed E-state index contributed by atoms with van der Waals surface area (Å²) < 4.78 is 5.81. The van der Waals surface area contributed by atoms with Gasteiger partial charge in [-0.1, -0.05) is 108 Å². The minimum atomic E-state index is 0.411. The van der Waals surface area contributed by atoms with Crippen molar-refractivity contribution in [2.75, 3.05) is 21.2 Å². The number of hydrogen-bond donors (Lipinski definition) is 3. The van der Waals surface area contributed by atoms with Crippen molar-refractivity contribution in [1.82, 2.24) is 29.9 Å². The maximum atomic E-state index is 6.40. The minimum Gasteiger partial charge on any atom is -0.456 e. The van der Waals surface area contributed by atoms with E-state index in [0.29, 0.717) is 33.6 Å². The zero-order valence-corrected chi connectivity index (χ0v) is 41.4. The quantitative estimate of drug-likeness (QED) is 0.0835. The molecule has 12 heteroatoms. The van der Waals surface area contributed by atoms with Crippen molar-refractivity contribution in [3.63, 3.8) is 0 Å². The Labute approximate surface area is 417 Å². The van der Waals surface area contributed by atoms with Crippen LogP contribution in [-0.2, 0) is 26.1 Å². The van der Waals surface area contributed by atoms with Crippen LogP contribution in [0.3, 0.4) is 0 Å². The van der Waals surface area contributed by atoms with Gasteiger partial charge in [-0.15, -0.1) is 0 Å². The lowest BCUT2D eigenvalue weighted by Gasteiger charge is -2.29. The van der Waals surface area contributed by atoms with Gasteiger partial charge in [-0.05, 0) is 130 Å². The van der Waals surface area contributed by atoms with E-state index in [9.17, 15) is 0 Å². The first-order valence-electron chi connectivity index (χ1n) is 23.3. The van der Waals surface area contributed by atoms with Crippen LogP contribution in [0.2, 0.25) is 10.0 Å². The molecule has 0 aliphatic rings. The highest BCUT2D eigenvalue weighted by Crippen LogP contribution is 2.34. The van der Waals surface area contributed by atoms with Crippen LogP contribution in [0.25, 0.3) is 11.1 Å². The van der Waals surface area contributed by atoms with Crippen molar-refractivity contribution in [3.05, 3.63) is 227 Å². The second kappa shape index (κ2) is 25.2. The minimum absolute atomic E-state index is 0.411. The van der Waals surface area contributed by atoms with E-state index in [1.165, 1.54) is 33.6 Å². The van der Waals surface area contributed by atoms with Gasteiger partial charge in [0.05, 0.1) is 60.7 Å². The van der Waals surface area contributed by atoms with Crippen LogP contribution in [0.4, 0.5) is 17.1 Å². The van der Waals surface area contributed by atoms with E-state index in [1.807, 2.05) is 55.0 Å². The molecule has 69 heavy (non-hydrogen) atoms. The molecule has 6 aromatic carbocycles. The van der Waals surface area contributed by atoms with Gasteiger partial charge in [0.15, 0.2) is 0 Å². The SMILES string of the molecule is CC(C)N(Cc1cnc[nH]1)c1cccc(-c2ccccc2)c1.CC(C)N(Cc1cnc[nH]1)c1cccc(Cc2ccccc2)c1.CCN(Cc1cnc[nH]1)c1ccc(Oc2ccc(Cl)cc2)c(Cl)c1. The number of anilines is 3. The van der Waals surface area contributed by atoms with Gasteiger partial charge in [0.2, 0.25) is 0 Å². The molecule has 10 nitrogen and oxygen atoms in total. The van der Waals surface area contributed by atoms with E-state index in [2.05, 4.69) is 182 Å². The molecule has 0 saturated carbocycles. The first kappa shape index (κ1) is 49.6. The number of aromatic amines is 3.